The van der Waals surface area contributed by atoms with Crippen LogP contribution < -0.4 is 10.2 Å². The summed E-state index contributed by atoms with van der Waals surface area (Å²) in [5.41, 5.74) is 0.564. The molecule has 0 unspecified atom stereocenters. The minimum Gasteiger partial charge on any atom is -0.497 e. The van der Waals surface area contributed by atoms with Gasteiger partial charge in [0.05, 0.1) is 7.11 Å². The molecule has 0 aliphatic rings. The highest BCUT2D eigenvalue weighted by Crippen LogP contribution is 2.15. The highest BCUT2D eigenvalue weighted by Gasteiger charge is 2.19. The van der Waals surface area contributed by atoms with E-state index in [-0.39, 0.29) is 0 Å². The molecule has 70 valence electrons. The number of hydrogen-bond donors (Lipinski definition) is 1. The lowest BCUT2D eigenvalue weighted by atomic mass is 9.79. The van der Waals surface area contributed by atoms with Crippen LogP contribution in [0.4, 0.5) is 0 Å². The van der Waals surface area contributed by atoms with Crippen molar-refractivity contribution in [1.82, 2.24) is 0 Å². The second-order valence-electron chi connectivity index (χ2n) is 2.47. The molecule has 1 N–H and O–H groups in total. The standard InChI is InChI=1S/C8H10BClO3/c1-12-8-5-6(10)3-4-7(8)9(11)13-2/h3-5,11H,1-2H3. The molecule has 13 heavy (non-hydrogen) atoms. The fourth-order valence-corrected chi connectivity index (χ4v) is 1.18. The predicted octanol–water partition coefficient (Wildman–Crippen LogP) is 0.682. The summed E-state index contributed by atoms with van der Waals surface area (Å²) < 4.78 is 9.78. The summed E-state index contributed by atoms with van der Waals surface area (Å²) in [6.45, 7) is 0. The maximum absolute atomic E-state index is 9.39. The molecule has 1 rings (SSSR count). The van der Waals surface area contributed by atoms with E-state index in [9.17, 15) is 5.02 Å². The lowest BCUT2D eigenvalue weighted by Gasteiger charge is -2.09. The molecule has 0 saturated heterocycles. The van der Waals surface area contributed by atoms with Crippen LogP contribution >= 0.6 is 11.6 Å². The first-order valence-electron chi connectivity index (χ1n) is 3.73. The molecule has 5 heteroatoms. The Morgan fingerprint density at radius 2 is 2.08 bits per heavy atom. The van der Waals surface area contributed by atoms with Gasteiger partial charge in [0, 0.05) is 17.6 Å². The zero-order valence-electron chi connectivity index (χ0n) is 7.45. The van der Waals surface area contributed by atoms with Crippen LogP contribution in [0.15, 0.2) is 18.2 Å². The number of ether oxygens (including phenoxy) is 1. The van der Waals surface area contributed by atoms with Crippen molar-refractivity contribution in [1.29, 1.82) is 0 Å². The molecule has 0 saturated carbocycles. The van der Waals surface area contributed by atoms with Gasteiger partial charge in [-0.1, -0.05) is 17.7 Å². The molecule has 0 bridgehead atoms. The lowest BCUT2D eigenvalue weighted by Crippen LogP contribution is -2.33. The molecule has 1 aromatic rings. The maximum Gasteiger partial charge on any atom is 0.494 e. The minimum absolute atomic E-state index is 0.516. The van der Waals surface area contributed by atoms with E-state index < -0.39 is 7.12 Å². The number of rotatable bonds is 3. The van der Waals surface area contributed by atoms with E-state index in [0.717, 1.165) is 0 Å². The first-order valence-corrected chi connectivity index (χ1v) is 4.11. The van der Waals surface area contributed by atoms with Gasteiger partial charge in [-0.2, -0.15) is 0 Å². The predicted molar refractivity (Wildman–Crippen MR) is 52.6 cm³/mol. The van der Waals surface area contributed by atoms with Crippen molar-refractivity contribution in [2.24, 2.45) is 0 Å². The second-order valence-corrected chi connectivity index (χ2v) is 2.91. The summed E-state index contributed by atoms with van der Waals surface area (Å²) in [6.07, 6.45) is 0. The zero-order valence-corrected chi connectivity index (χ0v) is 8.21. The Morgan fingerprint density at radius 3 is 2.62 bits per heavy atom. The van der Waals surface area contributed by atoms with Gasteiger partial charge in [0.15, 0.2) is 0 Å². The molecule has 0 aromatic heterocycles. The molecule has 0 aliphatic heterocycles. The first-order chi connectivity index (χ1) is 6.19. The van der Waals surface area contributed by atoms with Gasteiger partial charge in [0.25, 0.3) is 0 Å². The van der Waals surface area contributed by atoms with Gasteiger partial charge in [0.2, 0.25) is 0 Å². The number of methoxy groups -OCH3 is 1. The van der Waals surface area contributed by atoms with Crippen LogP contribution in [-0.4, -0.2) is 26.4 Å². The number of halogens is 1. The fourth-order valence-electron chi connectivity index (χ4n) is 1.02. The van der Waals surface area contributed by atoms with Crippen molar-refractivity contribution < 1.29 is 14.4 Å². The molecule has 0 aliphatic carbocycles. The van der Waals surface area contributed by atoms with Gasteiger partial charge < -0.3 is 14.4 Å². The van der Waals surface area contributed by atoms with Crippen LogP contribution in [0.1, 0.15) is 0 Å². The fraction of sp³-hybridized carbons (Fsp3) is 0.250. The van der Waals surface area contributed by atoms with E-state index >= 15 is 0 Å². The summed E-state index contributed by atoms with van der Waals surface area (Å²) in [4.78, 5) is 0. The maximum atomic E-state index is 9.39. The van der Waals surface area contributed by atoms with E-state index in [0.29, 0.717) is 16.2 Å². The molecule has 3 nitrogen and oxygen atoms in total. The van der Waals surface area contributed by atoms with Crippen LogP contribution in [0.3, 0.4) is 0 Å². The highest BCUT2D eigenvalue weighted by molar-refractivity contribution is 6.61. The van der Waals surface area contributed by atoms with Crippen molar-refractivity contribution in [3.8, 4) is 5.75 Å². The first kappa shape index (κ1) is 10.4. The highest BCUT2D eigenvalue weighted by atomic mass is 35.5. The molecule has 0 atom stereocenters. The lowest BCUT2D eigenvalue weighted by molar-refractivity contribution is 0.338. The van der Waals surface area contributed by atoms with Crippen molar-refractivity contribution in [3.05, 3.63) is 23.2 Å². The smallest absolute Gasteiger partial charge is 0.494 e. The molecule has 1 aromatic carbocycles. The second kappa shape index (κ2) is 4.51. The Balaban J connectivity index is 3.05. The summed E-state index contributed by atoms with van der Waals surface area (Å²) in [5, 5.41) is 9.95. The van der Waals surface area contributed by atoms with Crippen molar-refractivity contribution in [2.75, 3.05) is 14.2 Å². The summed E-state index contributed by atoms with van der Waals surface area (Å²) in [6, 6.07) is 4.95. The summed E-state index contributed by atoms with van der Waals surface area (Å²) >= 11 is 5.74. The SMILES string of the molecule is COB(O)c1ccc(Cl)cc1OC. The number of benzene rings is 1. The van der Waals surface area contributed by atoms with Gasteiger partial charge in [-0.05, 0) is 12.1 Å². The third kappa shape index (κ3) is 2.37. The average Bonchev–Trinajstić information content (AvgIpc) is 2.16. The van der Waals surface area contributed by atoms with E-state index in [4.69, 9.17) is 21.0 Å². The van der Waals surface area contributed by atoms with Crippen molar-refractivity contribution in [2.45, 2.75) is 0 Å². The van der Waals surface area contributed by atoms with Crippen molar-refractivity contribution in [3.63, 3.8) is 0 Å². The molecular formula is C8H10BClO3. The van der Waals surface area contributed by atoms with E-state index in [1.54, 1.807) is 18.2 Å². The van der Waals surface area contributed by atoms with E-state index in [1.165, 1.54) is 14.2 Å². The van der Waals surface area contributed by atoms with Crippen LogP contribution in [-0.2, 0) is 4.65 Å². The topological polar surface area (TPSA) is 38.7 Å². The van der Waals surface area contributed by atoms with Crippen LogP contribution in [0.25, 0.3) is 0 Å². The molecular weight excluding hydrogens is 190 g/mol. The van der Waals surface area contributed by atoms with Gasteiger partial charge >= 0.3 is 7.12 Å². The molecule has 0 fully saturated rings. The monoisotopic (exact) mass is 200 g/mol. The van der Waals surface area contributed by atoms with Gasteiger partial charge in [-0.15, -0.1) is 0 Å². The van der Waals surface area contributed by atoms with Crippen LogP contribution in [0.5, 0.6) is 5.75 Å². The molecule has 0 radical (unpaired) electrons. The largest absolute Gasteiger partial charge is 0.497 e. The van der Waals surface area contributed by atoms with Gasteiger partial charge in [-0.3, -0.25) is 0 Å². The van der Waals surface area contributed by atoms with E-state index in [1.807, 2.05) is 0 Å². The van der Waals surface area contributed by atoms with Crippen LogP contribution in [0, 0.1) is 0 Å². The number of hydrogen-bond acceptors (Lipinski definition) is 3. The Labute approximate surface area is 82.4 Å². The average molecular weight is 200 g/mol. The quantitative estimate of drug-likeness (QED) is 0.730. The Bertz CT molecular complexity index is 293. The normalized spacial score (nSPS) is 9.85. The molecule has 0 spiro atoms. The molecule has 0 heterocycles. The van der Waals surface area contributed by atoms with Crippen molar-refractivity contribution >= 4 is 24.2 Å². The molecule has 0 amide bonds. The van der Waals surface area contributed by atoms with Gasteiger partial charge in [-0.25, -0.2) is 0 Å². The summed E-state index contributed by atoms with van der Waals surface area (Å²) in [7, 11) is 1.95. The zero-order chi connectivity index (χ0) is 9.84. The Kier molecular flexibility index (Phi) is 3.60. The summed E-state index contributed by atoms with van der Waals surface area (Å²) in [5.74, 6) is 0.516. The third-order valence-corrected chi connectivity index (χ3v) is 1.92. The minimum atomic E-state index is -0.979. The Morgan fingerprint density at radius 1 is 1.38 bits per heavy atom. The Hall–Kier alpha value is -0.705. The van der Waals surface area contributed by atoms with Gasteiger partial charge in [0.1, 0.15) is 5.75 Å². The third-order valence-electron chi connectivity index (χ3n) is 1.68. The van der Waals surface area contributed by atoms with E-state index in [2.05, 4.69) is 0 Å². The van der Waals surface area contributed by atoms with Crippen LogP contribution in [0.2, 0.25) is 5.02 Å².